The van der Waals surface area contributed by atoms with Gasteiger partial charge in [-0.05, 0) is 121 Å². The number of nitrogens with zero attached hydrogens (tertiary/aromatic N) is 6. The van der Waals surface area contributed by atoms with E-state index >= 15 is 0 Å². The van der Waals surface area contributed by atoms with Gasteiger partial charge < -0.3 is 33.9 Å². The molecule has 2 N–H and O–H groups in total. The molecule has 3 aromatic rings. The second kappa shape index (κ2) is 19.5. The summed E-state index contributed by atoms with van der Waals surface area (Å²) in [4.78, 5) is 67.0. The first kappa shape index (κ1) is 48.4. The minimum absolute atomic E-state index is 0.0836. The number of methoxy groups -OCH3 is 1. The highest BCUT2D eigenvalue weighted by Crippen LogP contribution is 2.57. The van der Waals surface area contributed by atoms with Crippen molar-refractivity contribution >= 4 is 40.3 Å². The molecule has 3 amide bonds. The number of rotatable bonds is 9. The molecule has 2 aromatic heterocycles. The maximum atomic E-state index is 14.8. The number of aromatic nitrogens is 2. The topological polar surface area (TPSA) is 151 Å². The molecule has 4 aliphatic heterocycles. The predicted molar refractivity (Wildman–Crippen MR) is 258 cm³/mol. The summed E-state index contributed by atoms with van der Waals surface area (Å²) in [5, 5.41) is 5.88. The van der Waals surface area contributed by atoms with Gasteiger partial charge in [0.05, 0.1) is 42.2 Å². The van der Waals surface area contributed by atoms with Crippen molar-refractivity contribution in [3.05, 3.63) is 47.8 Å². The Morgan fingerprint density at radius 3 is 2.57 bits per heavy atom. The first-order valence-corrected chi connectivity index (χ1v) is 24.5. The maximum absolute atomic E-state index is 14.8. The number of piperidine rings is 1. The molecule has 3 unspecified atom stereocenters. The van der Waals surface area contributed by atoms with Gasteiger partial charge in [-0.3, -0.25) is 34.1 Å². The number of nitrogens with one attached hydrogen (secondary N) is 2. The lowest BCUT2D eigenvalue weighted by molar-refractivity contribution is -0.157. The van der Waals surface area contributed by atoms with Gasteiger partial charge in [-0.1, -0.05) is 33.6 Å². The molecule has 0 saturated carbocycles. The van der Waals surface area contributed by atoms with Crippen LogP contribution >= 0.6 is 0 Å². The number of aryl methyl sites for hydroxylation is 1. The van der Waals surface area contributed by atoms with Crippen LogP contribution in [0.4, 0.5) is 5.69 Å². The first-order chi connectivity index (χ1) is 31.9. The van der Waals surface area contributed by atoms with Gasteiger partial charge >= 0.3 is 5.97 Å². The number of likely N-dealkylation sites (tertiary alicyclic amines) is 1. The average molecular weight is 921 g/mol. The van der Waals surface area contributed by atoms with Crippen molar-refractivity contribution in [3.63, 3.8) is 0 Å². The summed E-state index contributed by atoms with van der Waals surface area (Å²) in [6.07, 6.45) is 4.61. The van der Waals surface area contributed by atoms with Crippen molar-refractivity contribution in [1.82, 2.24) is 35.1 Å². The summed E-state index contributed by atoms with van der Waals surface area (Å²) in [7, 11) is 5.60. The molecule has 6 heterocycles. The SMILES string of the molecule is CCn1c2c3c4cc(ccc41)N1CCC[C@@H](CC(NC(=O)C(COC4CN(C(=O)C#CC(C)(C)N(C)C)C4)C(C)C)C(=O)N4CCC[C@H](N4)C(=O)OCC(C)(C)C3[C@H](OC)c3ncccc3-2)C1. The zero-order valence-electron chi connectivity index (χ0n) is 41.3. The molecular formula is C52H72N8O7. The summed E-state index contributed by atoms with van der Waals surface area (Å²) in [6.45, 7) is 18.2. The van der Waals surface area contributed by atoms with Crippen LogP contribution in [0.25, 0.3) is 22.2 Å². The van der Waals surface area contributed by atoms with E-state index in [0.717, 1.165) is 66.0 Å². The highest BCUT2D eigenvalue weighted by atomic mass is 16.5. The molecule has 362 valence electrons. The van der Waals surface area contributed by atoms with Crippen molar-refractivity contribution in [2.45, 2.75) is 123 Å². The lowest BCUT2D eigenvalue weighted by Crippen LogP contribution is -2.61. The van der Waals surface area contributed by atoms with Crippen LogP contribution in [0.5, 0.6) is 0 Å². The Balaban J connectivity index is 1.07. The Bertz CT molecular complexity index is 2410. The van der Waals surface area contributed by atoms with E-state index in [2.05, 4.69) is 77.1 Å². The number of amides is 3. The molecule has 15 heteroatoms. The van der Waals surface area contributed by atoms with E-state index in [1.807, 2.05) is 59.0 Å². The number of benzene rings is 1. The molecule has 0 radical (unpaired) electrons. The van der Waals surface area contributed by atoms with E-state index in [1.54, 1.807) is 12.0 Å². The third-order valence-corrected chi connectivity index (χ3v) is 15.2. The summed E-state index contributed by atoms with van der Waals surface area (Å²) in [6, 6.07) is 9.32. The largest absolute Gasteiger partial charge is 0.464 e. The smallest absolute Gasteiger partial charge is 0.324 e. The van der Waals surface area contributed by atoms with E-state index in [1.165, 1.54) is 10.6 Å². The Labute approximate surface area is 396 Å². The van der Waals surface area contributed by atoms with Crippen molar-refractivity contribution in [1.29, 1.82) is 0 Å². The van der Waals surface area contributed by atoms with Gasteiger partial charge in [0, 0.05) is 86.1 Å². The van der Waals surface area contributed by atoms with Gasteiger partial charge in [0.15, 0.2) is 0 Å². The van der Waals surface area contributed by atoms with E-state index in [9.17, 15) is 19.2 Å². The lowest BCUT2D eigenvalue weighted by Gasteiger charge is -2.42. The number of anilines is 1. The number of fused-ring (bicyclic) bond motifs is 8. The third-order valence-electron chi connectivity index (χ3n) is 15.2. The molecule has 1 aromatic carbocycles. The third kappa shape index (κ3) is 9.69. The fourth-order valence-electron chi connectivity index (χ4n) is 10.7. The van der Waals surface area contributed by atoms with Crippen LogP contribution in [-0.4, -0.2) is 139 Å². The molecule has 3 saturated heterocycles. The summed E-state index contributed by atoms with van der Waals surface area (Å²) in [5.74, 6) is 3.93. The standard InChI is InChI=1S/C52H72N8O7/c1-11-59-41-19-18-34-26-37(41)43-44(47(65-10)45-36(46(43)59)16-12-22-53-45)51(4,5)31-67-50(64)39-17-14-24-60(55-39)49(63)40(25-33-15-13-23-57(34)27-33)54-48(62)38(32(2)3)30-66-35-28-58(29-35)42(61)20-21-52(6,7)56(8)9/h12,16,18-19,22,26,32-33,35,38-40,44,47,55H,11,13-15,17,23-25,27-31H2,1-10H3,(H,54,62)/t33-,38?,39-,40?,44?,47-/m0/s1. The summed E-state index contributed by atoms with van der Waals surface area (Å²) < 4.78 is 21.3. The van der Waals surface area contributed by atoms with Crippen LogP contribution in [0.15, 0.2) is 36.5 Å². The number of carbonyl (C=O) groups is 4. The van der Waals surface area contributed by atoms with E-state index in [-0.39, 0.29) is 60.9 Å². The van der Waals surface area contributed by atoms with Gasteiger partial charge in [0.1, 0.15) is 18.2 Å². The minimum Gasteiger partial charge on any atom is -0.464 e. The average Bonchev–Trinajstić information content (AvgIpc) is 3.62. The molecule has 15 nitrogen and oxygen atoms in total. The molecule has 1 aliphatic carbocycles. The lowest BCUT2D eigenvalue weighted by atomic mass is 9.67. The Kier molecular flexibility index (Phi) is 14.1. The molecule has 5 aliphatic rings. The van der Waals surface area contributed by atoms with E-state index < -0.39 is 34.9 Å². The summed E-state index contributed by atoms with van der Waals surface area (Å²) in [5.41, 5.74) is 8.67. The molecule has 6 bridgehead atoms. The Morgan fingerprint density at radius 2 is 1.85 bits per heavy atom. The monoisotopic (exact) mass is 921 g/mol. The van der Waals surface area contributed by atoms with Crippen molar-refractivity contribution in [2.24, 2.45) is 23.2 Å². The zero-order chi connectivity index (χ0) is 47.9. The van der Waals surface area contributed by atoms with Crippen LogP contribution in [0.1, 0.15) is 104 Å². The van der Waals surface area contributed by atoms with Gasteiger partial charge in [0.25, 0.3) is 11.8 Å². The van der Waals surface area contributed by atoms with Crippen molar-refractivity contribution in [2.75, 3.05) is 72.0 Å². The second-order valence-electron chi connectivity index (χ2n) is 21.2. The fraction of sp³-hybridized carbons (Fsp3) is 0.635. The van der Waals surface area contributed by atoms with Crippen molar-refractivity contribution in [3.8, 4) is 23.1 Å². The molecule has 8 rings (SSSR count). The maximum Gasteiger partial charge on any atom is 0.324 e. The predicted octanol–water partition coefficient (Wildman–Crippen LogP) is 5.52. The zero-order valence-corrected chi connectivity index (χ0v) is 41.3. The second-order valence-corrected chi connectivity index (χ2v) is 21.2. The number of ether oxygens (including phenoxy) is 3. The van der Waals surface area contributed by atoms with Crippen LogP contribution in [0, 0.1) is 35.0 Å². The van der Waals surface area contributed by atoms with E-state index in [0.29, 0.717) is 38.9 Å². The van der Waals surface area contributed by atoms with Gasteiger partial charge in [-0.25, -0.2) is 5.43 Å². The number of hydrogen-bond acceptors (Lipinski definition) is 11. The molecule has 0 spiro atoms. The van der Waals surface area contributed by atoms with Crippen molar-refractivity contribution < 1.29 is 33.4 Å². The van der Waals surface area contributed by atoms with Gasteiger partial charge in [0.2, 0.25) is 5.91 Å². The quantitative estimate of drug-likeness (QED) is 0.206. The number of esters is 1. The van der Waals surface area contributed by atoms with Crippen LogP contribution < -0.4 is 15.6 Å². The molecule has 67 heavy (non-hydrogen) atoms. The Hall–Kier alpha value is -5.01. The van der Waals surface area contributed by atoms with Gasteiger partial charge in [-0.2, -0.15) is 0 Å². The fourth-order valence-corrected chi connectivity index (χ4v) is 10.7. The van der Waals surface area contributed by atoms with Crippen LogP contribution in [0.3, 0.4) is 0 Å². The minimum atomic E-state index is -0.839. The molecular weight excluding hydrogens is 849 g/mol. The highest BCUT2D eigenvalue weighted by molar-refractivity contribution is 5.97. The Morgan fingerprint density at radius 1 is 1.09 bits per heavy atom. The number of cyclic esters (lactones) is 1. The number of hydrogen-bond donors (Lipinski definition) is 2. The van der Waals surface area contributed by atoms with Crippen LogP contribution in [0.2, 0.25) is 0 Å². The highest BCUT2D eigenvalue weighted by Gasteiger charge is 2.48. The molecule has 3 fully saturated rings. The molecule has 6 atom stereocenters. The van der Waals surface area contributed by atoms with Gasteiger partial charge in [-0.15, -0.1) is 0 Å². The first-order valence-electron chi connectivity index (χ1n) is 24.5. The van der Waals surface area contributed by atoms with Crippen LogP contribution in [-0.2, 0) is 39.9 Å². The number of carbonyl (C=O) groups excluding carboxylic acids is 4. The van der Waals surface area contributed by atoms with E-state index in [4.69, 9.17) is 19.2 Å². The number of hydrazine groups is 1. The summed E-state index contributed by atoms with van der Waals surface area (Å²) >= 11 is 0. The number of pyridine rings is 1. The normalized spacial score (nSPS) is 24.9.